The van der Waals surface area contributed by atoms with Gasteiger partial charge in [0, 0.05) is 28.6 Å². The van der Waals surface area contributed by atoms with Crippen LogP contribution >= 0.6 is 27.5 Å². The van der Waals surface area contributed by atoms with Crippen LogP contribution in [0.2, 0.25) is 5.02 Å². The van der Waals surface area contributed by atoms with Crippen LogP contribution < -0.4 is 4.90 Å². The van der Waals surface area contributed by atoms with Gasteiger partial charge in [0.25, 0.3) is 0 Å². The van der Waals surface area contributed by atoms with Crippen molar-refractivity contribution in [3.63, 3.8) is 0 Å². The van der Waals surface area contributed by atoms with E-state index in [0.717, 1.165) is 22.3 Å². The van der Waals surface area contributed by atoms with Crippen LogP contribution in [0.5, 0.6) is 0 Å². The van der Waals surface area contributed by atoms with E-state index in [4.69, 9.17) is 11.6 Å². The Morgan fingerprint density at radius 1 is 1.24 bits per heavy atom. The summed E-state index contributed by atoms with van der Waals surface area (Å²) in [5.74, 6) is 0.928. The van der Waals surface area contributed by atoms with Gasteiger partial charge in [-0.15, -0.1) is 0 Å². The van der Waals surface area contributed by atoms with Crippen molar-refractivity contribution in [2.24, 2.45) is 5.92 Å². The van der Waals surface area contributed by atoms with E-state index in [1.165, 1.54) is 43.5 Å². The Bertz CT molecular complexity index is 413. The highest BCUT2D eigenvalue weighted by Gasteiger charge is 2.34. The van der Waals surface area contributed by atoms with Gasteiger partial charge in [0.1, 0.15) is 0 Å². The Balaban J connectivity index is 1.89. The summed E-state index contributed by atoms with van der Waals surface area (Å²) in [6, 6.07) is 7.05. The van der Waals surface area contributed by atoms with E-state index in [-0.39, 0.29) is 0 Å². The number of rotatable bonds is 5. The molecule has 0 atom stereocenters. The van der Waals surface area contributed by atoms with Crippen LogP contribution in [0.25, 0.3) is 0 Å². The average Bonchev–Trinajstić information content (AvgIpc) is 3.17. The summed E-state index contributed by atoms with van der Waals surface area (Å²) < 4.78 is 0. The van der Waals surface area contributed by atoms with E-state index >= 15 is 0 Å². The van der Waals surface area contributed by atoms with Gasteiger partial charge in [0.15, 0.2) is 0 Å². The van der Waals surface area contributed by atoms with Crippen LogP contribution in [0.4, 0.5) is 5.69 Å². The number of anilines is 1. The Morgan fingerprint density at radius 3 is 2.59 bits per heavy atom. The van der Waals surface area contributed by atoms with Crippen molar-refractivity contribution in [1.29, 1.82) is 0 Å². The van der Waals surface area contributed by atoms with Crippen molar-refractivity contribution >= 4 is 33.2 Å². The topological polar surface area (TPSA) is 3.24 Å². The highest BCUT2D eigenvalue weighted by molar-refractivity contribution is 9.08. The van der Waals surface area contributed by atoms with Crippen molar-refractivity contribution in [2.75, 3.05) is 11.4 Å². The molecule has 2 aliphatic rings. The molecule has 0 aliphatic heterocycles. The Kier molecular flexibility index (Phi) is 3.36. The number of hydrogen-bond acceptors (Lipinski definition) is 1. The lowest BCUT2D eigenvalue weighted by Gasteiger charge is -2.27. The second-order valence-electron chi connectivity index (χ2n) is 5.23. The first-order valence-corrected chi connectivity index (χ1v) is 7.89. The number of benzene rings is 1. The molecule has 3 rings (SSSR count). The van der Waals surface area contributed by atoms with Gasteiger partial charge in [-0.1, -0.05) is 33.6 Å². The predicted molar refractivity (Wildman–Crippen MR) is 77.2 cm³/mol. The second kappa shape index (κ2) is 4.81. The molecule has 0 N–H and O–H groups in total. The monoisotopic (exact) mass is 313 g/mol. The van der Waals surface area contributed by atoms with Crippen LogP contribution in [0.1, 0.15) is 31.2 Å². The molecule has 1 aromatic carbocycles. The molecule has 0 aromatic heterocycles. The Hall–Kier alpha value is -0.210. The SMILES string of the molecule is Clc1ccc(CBr)c(N(CC2CC2)C2CC2)c1. The summed E-state index contributed by atoms with van der Waals surface area (Å²) in [5, 5.41) is 1.76. The number of nitrogens with zero attached hydrogens (tertiary/aromatic N) is 1. The first kappa shape index (κ1) is 11.9. The summed E-state index contributed by atoms with van der Waals surface area (Å²) in [5.41, 5.74) is 2.71. The van der Waals surface area contributed by atoms with E-state index in [0.29, 0.717) is 0 Å². The molecule has 0 saturated heterocycles. The maximum atomic E-state index is 6.15. The molecule has 0 bridgehead atoms. The minimum atomic E-state index is 0.770. The highest BCUT2D eigenvalue weighted by Crippen LogP contribution is 2.40. The summed E-state index contributed by atoms with van der Waals surface area (Å²) in [4.78, 5) is 2.60. The molecule has 0 spiro atoms. The molecule has 92 valence electrons. The van der Waals surface area contributed by atoms with Gasteiger partial charge >= 0.3 is 0 Å². The van der Waals surface area contributed by atoms with E-state index in [9.17, 15) is 0 Å². The third kappa shape index (κ3) is 2.79. The molecule has 1 nitrogen and oxygen atoms in total. The normalized spacial score (nSPS) is 19.4. The van der Waals surface area contributed by atoms with Crippen molar-refractivity contribution in [1.82, 2.24) is 0 Å². The molecule has 0 heterocycles. The number of hydrogen-bond donors (Lipinski definition) is 0. The minimum Gasteiger partial charge on any atom is -0.368 e. The lowest BCUT2D eigenvalue weighted by Crippen LogP contribution is -2.28. The van der Waals surface area contributed by atoms with Gasteiger partial charge in [-0.2, -0.15) is 0 Å². The molecule has 0 radical (unpaired) electrons. The highest BCUT2D eigenvalue weighted by atomic mass is 79.9. The molecular weight excluding hydrogens is 298 g/mol. The van der Waals surface area contributed by atoms with Gasteiger partial charge < -0.3 is 4.90 Å². The van der Waals surface area contributed by atoms with Crippen molar-refractivity contribution < 1.29 is 0 Å². The maximum Gasteiger partial charge on any atom is 0.0426 e. The van der Waals surface area contributed by atoms with E-state index < -0.39 is 0 Å². The molecule has 1 aromatic rings. The van der Waals surface area contributed by atoms with Crippen molar-refractivity contribution in [3.8, 4) is 0 Å². The zero-order chi connectivity index (χ0) is 11.8. The first-order chi connectivity index (χ1) is 8.28. The lowest BCUT2D eigenvalue weighted by molar-refractivity contribution is 0.717. The minimum absolute atomic E-state index is 0.770. The smallest absolute Gasteiger partial charge is 0.0426 e. The summed E-state index contributed by atoms with van der Waals surface area (Å²) in [6.07, 6.45) is 5.52. The molecule has 2 saturated carbocycles. The third-order valence-corrected chi connectivity index (χ3v) is 4.48. The van der Waals surface area contributed by atoms with E-state index in [2.05, 4.69) is 33.0 Å². The molecule has 0 unspecified atom stereocenters. The van der Waals surface area contributed by atoms with Gasteiger partial charge in [0.05, 0.1) is 0 Å². The van der Waals surface area contributed by atoms with Crippen molar-refractivity contribution in [2.45, 2.75) is 37.1 Å². The number of halogens is 2. The number of alkyl halides is 1. The zero-order valence-electron chi connectivity index (χ0n) is 9.83. The standard InChI is InChI=1S/C14H17BrClN/c15-8-11-3-4-12(16)7-14(11)17(13-5-6-13)9-10-1-2-10/h3-4,7,10,13H,1-2,5-6,8-9H2. The molecule has 17 heavy (non-hydrogen) atoms. The molecular formula is C14H17BrClN. The van der Waals surface area contributed by atoms with Gasteiger partial charge in [0.2, 0.25) is 0 Å². The molecule has 2 aliphatic carbocycles. The quantitative estimate of drug-likeness (QED) is 0.717. The van der Waals surface area contributed by atoms with Gasteiger partial charge in [-0.05, 0) is 49.3 Å². The average molecular weight is 315 g/mol. The van der Waals surface area contributed by atoms with Crippen molar-refractivity contribution in [3.05, 3.63) is 28.8 Å². The predicted octanol–water partition coefficient (Wildman–Crippen LogP) is 4.61. The van der Waals surface area contributed by atoms with Gasteiger partial charge in [-0.3, -0.25) is 0 Å². The first-order valence-electron chi connectivity index (χ1n) is 6.39. The summed E-state index contributed by atoms with van der Waals surface area (Å²) in [6.45, 7) is 1.23. The summed E-state index contributed by atoms with van der Waals surface area (Å²) in [7, 11) is 0. The second-order valence-corrected chi connectivity index (χ2v) is 6.23. The van der Waals surface area contributed by atoms with Crippen LogP contribution in [0, 0.1) is 5.92 Å². The van der Waals surface area contributed by atoms with Gasteiger partial charge in [-0.25, -0.2) is 0 Å². The fourth-order valence-corrected chi connectivity index (χ4v) is 2.97. The van der Waals surface area contributed by atoms with Crippen LogP contribution in [0.15, 0.2) is 18.2 Å². The van der Waals surface area contributed by atoms with Crippen LogP contribution in [-0.2, 0) is 5.33 Å². The fourth-order valence-electron chi connectivity index (χ4n) is 2.33. The van der Waals surface area contributed by atoms with E-state index in [1.807, 2.05) is 6.07 Å². The lowest BCUT2D eigenvalue weighted by atomic mass is 10.1. The molecule has 3 heteroatoms. The van der Waals surface area contributed by atoms with E-state index in [1.54, 1.807) is 0 Å². The Labute approximate surface area is 116 Å². The maximum absolute atomic E-state index is 6.15. The Morgan fingerprint density at radius 2 is 2.00 bits per heavy atom. The molecule has 0 amide bonds. The third-order valence-electron chi connectivity index (χ3n) is 3.64. The van der Waals surface area contributed by atoms with Crippen LogP contribution in [0.3, 0.4) is 0 Å². The zero-order valence-corrected chi connectivity index (χ0v) is 12.2. The largest absolute Gasteiger partial charge is 0.368 e. The summed E-state index contributed by atoms with van der Waals surface area (Å²) >= 11 is 9.74. The molecule has 2 fully saturated rings. The fraction of sp³-hybridized carbons (Fsp3) is 0.571. The van der Waals surface area contributed by atoms with Crippen LogP contribution in [-0.4, -0.2) is 12.6 Å².